The first kappa shape index (κ1) is 15.1. The van der Waals surface area contributed by atoms with E-state index in [0.29, 0.717) is 11.6 Å². The quantitative estimate of drug-likeness (QED) is 0.793. The van der Waals surface area contributed by atoms with Gasteiger partial charge in [0, 0.05) is 11.7 Å². The van der Waals surface area contributed by atoms with Crippen molar-refractivity contribution in [2.75, 3.05) is 5.32 Å². The lowest BCUT2D eigenvalue weighted by Gasteiger charge is -2.14. The summed E-state index contributed by atoms with van der Waals surface area (Å²) in [6, 6.07) is 10.3. The standard InChI is InChI=1S/C17H17FN5/c1-11(2)23-12(3)19-10-15(23)16-14(18)9-20-17(22-16)21-13-7-5-4-6-8-13/h5-11H,1-3H3,(H,20,21,22). The highest BCUT2D eigenvalue weighted by Gasteiger charge is 2.17. The third-order valence-electron chi connectivity index (χ3n) is 3.46. The number of imidazole rings is 1. The highest BCUT2D eigenvalue weighted by molar-refractivity contribution is 5.59. The Bertz CT molecular complexity index is 811. The van der Waals surface area contributed by atoms with E-state index in [-0.39, 0.29) is 11.7 Å². The van der Waals surface area contributed by atoms with Crippen LogP contribution in [0.4, 0.5) is 16.0 Å². The molecule has 0 saturated carbocycles. The highest BCUT2D eigenvalue weighted by atomic mass is 19.1. The van der Waals surface area contributed by atoms with Crippen LogP contribution in [0.25, 0.3) is 11.4 Å². The van der Waals surface area contributed by atoms with Gasteiger partial charge in [0.15, 0.2) is 5.82 Å². The first-order valence-electron chi connectivity index (χ1n) is 7.36. The topological polar surface area (TPSA) is 55.6 Å². The first-order valence-corrected chi connectivity index (χ1v) is 7.36. The molecule has 0 unspecified atom stereocenters. The number of rotatable bonds is 4. The van der Waals surface area contributed by atoms with Crippen LogP contribution in [0, 0.1) is 18.8 Å². The second kappa shape index (κ2) is 6.16. The summed E-state index contributed by atoms with van der Waals surface area (Å²) in [6.07, 6.45) is 2.81. The molecule has 2 aromatic heterocycles. The number of halogens is 1. The van der Waals surface area contributed by atoms with Crippen LogP contribution in [0.3, 0.4) is 0 Å². The Hall–Kier alpha value is -2.76. The summed E-state index contributed by atoms with van der Waals surface area (Å²) < 4.78 is 16.2. The predicted octanol–water partition coefficient (Wildman–Crippen LogP) is 3.91. The predicted molar refractivity (Wildman–Crippen MR) is 86.9 cm³/mol. The van der Waals surface area contributed by atoms with Gasteiger partial charge in [-0.3, -0.25) is 0 Å². The molecular formula is C17H17FN5. The maximum atomic E-state index is 14.2. The van der Waals surface area contributed by atoms with Crippen molar-refractivity contribution >= 4 is 11.6 Å². The molecule has 0 bridgehead atoms. The van der Waals surface area contributed by atoms with Gasteiger partial charge < -0.3 is 9.88 Å². The maximum absolute atomic E-state index is 14.2. The number of hydrogen-bond donors (Lipinski definition) is 1. The molecule has 0 spiro atoms. The number of benzene rings is 1. The number of anilines is 2. The third kappa shape index (κ3) is 3.06. The lowest BCUT2D eigenvalue weighted by atomic mass is 10.2. The van der Waals surface area contributed by atoms with Crippen LogP contribution in [0.2, 0.25) is 0 Å². The molecule has 1 N–H and O–H groups in total. The third-order valence-corrected chi connectivity index (χ3v) is 3.46. The summed E-state index contributed by atoms with van der Waals surface area (Å²) in [5.41, 5.74) is 1.69. The number of aryl methyl sites for hydroxylation is 1. The van der Waals surface area contributed by atoms with E-state index in [1.165, 1.54) is 6.20 Å². The molecule has 5 nitrogen and oxygen atoms in total. The molecule has 0 aliphatic carbocycles. The van der Waals surface area contributed by atoms with Gasteiger partial charge in [-0.05, 0) is 39.0 Å². The number of hydrogen-bond acceptors (Lipinski definition) is 4. The van der Waals surface area contributed by atoms with Crippen LogP contribution in [-0.2, 0) is 0 Å². The summed E-state index contributed by atoms with van der Waals surface area (Å²) >= 11 is 0. The number of nitrogens with zero attached hydrogens (tertiary/aromatic N) is 4. The Kier molecular flexibility index (Phi) is 4.06. The molecule has 3 rings (SSSR count). The highest BCUT2D eigenvalue weighted by Crippen LogP contribution is 2.26. The van der Waals surface area contributed by atoms with Gasteiger partial charge in [0.1, 0.15) is 11.5 Å². The minimum atomic E-state index is -0.473. The number of nitrogens with one attached hydrogen (secondary N) is 1. The molecule has 0 atom stereocenters. The summed E-state index contributed by atoms with van der Waals surface area (Å²) in [5.74, 6) is 0.682. The van der Waals surface area contributed by atoms with Gasteiger partial charge in [0.25, 0.3) is 0 Å². The van der Waals surface area contributed by atoms with E-state index < -0.39 is 5.82 Å². The van der Waals surface area contributed by atoms with Gasteiger partial charge in [-0.25, -0.2) is 19.3 Å². The maximum Gasteiger partial charge on any atom is 0.227 e. The molecule has 0 aliphatic heterocycles. The summed E-state index contributed by atoms with van der Waals surface area (Å²) in [6.45, 7) is 5.94. The van der Waals surface area contributed by atoms with E-state index in [1.54, 1.807) is 18.3 Å². The summed E-state index contributed by atoms with van der Waals surface area (Å²) in [4.78, 5) is 12.6. The van der Waals surface area contributed by atoms with Crippen molar-refractivity contribution in [1.82, 2.24) is 19.5 Å². The van der Waals surface area contributed by atoms with Crippen LogP contribution >= 0.6 is 0 Å². The van der Waals surface area contributed by atoms with E-state index in [0.717, 1.165) is 11.5 Å². The van der Waals surface area contributed by atoms with Crippen molar-refractivity contribution in [3.63, 3.8) is 0 Å². The van der Waals surface area contributed by atoms with Crippen LogP contribution in [-0.4, -0.2) is 19.5 Å². The molecule has 1 aromatic carbocycles. The van der Waals surface area contributed by atoms with Gasteiger partial charge >= 0.3 is 0 Å². The SMILES string of the molecule is Cc1ncc(-c2nc(Nc3cc[c]cc3)ncc2F)n1C(C)C. The fourth-order valence-corrected chi connectivity index (χ4v) is 2.49. The van der Waals surface area contributed by atoms with Crippen molar-refractivity contribution in [3.05, 3.63) is 54.4 Å². The Morgan fingerprint density at radius 2 is 1.91 bits per heavy atom. The molecule has 23 heavy (non-hydrogen) atoms. The van der Waals surface area contributed by atoms with Crippen LogP contribution < -0.4 is 5.32 Å². The minimum Gasteiger partial charge on any atom is -0.324 e. The van der Waals surface area contributed by atoms with Crippen molar-refractivity contribution in [3.8, 4) is 11.4 Å². The van der Waals surface area contributed by atoms with Crippen LogP contribution in [0.5, 0.6) is 0 Å². The van der Waals surface area contributed by atoms with Crippen molar-refractivity contribution in [2.24, 2.45) is 0 Å². The van der Waals surface area contributed by atoms with Gasteiger partial charge in [-0.15, -0.1) is 0 Å². The zero-order valence-corrected chi connectivity index (χ0v) is 13.2. The summed E-state index contributed by atoms with van der Waals surface area (Å²) in [7, 11) is 0. The molecule has 0 aliphatic rings. The van der Waals surface area contributed by atoms with E-state index in [1.807, 2.05) is 37.5 Å². The zero-order valence-electron chi connectivity index (χ0n) is 13.2. The smallest absolute Gasteiger partial charge is 0.227 e. The Morgan fingerprint density at radius 1 is 1.17 bits per heavy atom. The van der Waals surface area contributed by atoms with Crippen LogP contribution in [0.1, 0.15) is 25.7 Å². The molecule has 117 valence electrons. The lowest BCUT2D eigenvalue weighted by Crippen LogP contribution is -2.08. The summed E-state index contributed by atoms with van der Waals surface area (Å²) in [5, 5.41) is 3.06. The molecule has 0 fully saturated rings. The van der Waals surface area contributed by atoms with Gasteiger partial charge in [0.05, 0.1) is 18.1 Å². The Labute approximate surface area is 134 Å². The largest absolute Gasteiger partial charge is 0.324 e. The molecule has 3 aromatic rings. The number of aromatic nitrogens is 4. The molecule has 0 amide bonds. The second-order valence-electron chi connectivity index (χ2n) is 5.46. The van der Waals surface area contributed by atoms with Gasteiger partial charge in [-0.1, -0.05) is 12.1 Å². The monoisotopic (exact) mass is 310 g/mol. The van der Waals surface area contributed by atoms with E-state index in [4.69, 9.17) is 0 Å². The Morgan fingerprint density at radius 3 is 2.61 bits per heavy atom. The van der Waals surface area contributed by atoms with E-state index in [2.05, 4.69) is 26.3 Å². The molecule has 0 saturated heterocycles. The fourth-order valence-electron chi connectivity index (χ4n) is 2.49. The fraction of sp³-hybridized carbons (Fsp3) is 0.235. The van der Waals surface area contributed by atoms with E-state index in [9.17, 15) is 4.39 Å². The average molecular weight is 310 g/mol. The van der Waals surface area contributed by atoms with Crippen molar-refractivity contribution in [2.45, 2.75) is 26.8 Å². The van der Waals surface area contributed by atoms with Crippen molar-refractivity contribution in [1.29, 1.82) is 0 Å². The van der Waals surface area contributed by atoms with Crippen molar-refractivity contribution < 1.29 is 4.39 Å². The zero-order chi connectivity index (χ0) is 16.4. The molecule has 2 heterocycles. The molecular weight excluding hydrogens is 293 g/mol. The lowest BCUT2D eigenvalue weighted by molar-refractivity contribution is 0.578. The van der Waals surface area contributed by atoms with Crippen LogP contribution in [0.15, 0.2) is 36.7 Å². The van der Waals surface area contributed by atoms with Gasteiger partial charge in [-0.2, -0.15) is 0 Å². The molecule has 1 radical (unpaired) electrons. The average Bonchev–Trinajstić information content (AvgIpc) is 2.92. The molecule has 6 heteroatoms. The van der Waals surface area contributed by atoms with Gasteiger partial charge in [0.2, 0.25) is 5.95 Å². The van der Waals surface area contributed by atoms with E-state index >= 15 is 0 Å². The second-order valence-corrected chi connectivity index (χ2v) is 5.46. The Balaban J connectivity index is 2.02. The normalized spacial score (nSPS) is 11.0. The minimum absolute atomic E-state index is 0.155. The first-order chi connectivity index (χ1) is 11.1.